The minimum atomic E-state index is -3.51. The van der Waals surface area contributed by atoms with Gasteiger partial charge < -0.3 is 15.0 Å². The minimum absolute atomic E-state index is 0.144. The summed E-state index contributed by atoms with van der Waals surface area (Å²) < 4.78 is 33.1. The summed E-state index contributed by atoms with van der Waals surface area (Å²) in [5.41, 5.74) is 2.98. The van der Waals surface area contributed by atoms with Crippen LogP contribution in [0.2, 0.25) is 0 Å². The molecule has 1 aliphatic carbocycles. The molecule has 0 amide bonds. The maximum absolute atomic E-state index is 13.1. The Labute approximate surface area is 202 Å². The van der Waals surface area contributed by atoms with Crippen molar-refractivity contribution in [1.82, 2.24) is 14.5 Å². The van der Waals surface area contributed by atoms with Gasteiger partial charge in [-0.25, -0.2) is 8.42 Å². The number of sulfonamides is 1. The summed E-state index contributed by atoms with van der Waals surface area (Å²) >= 11 is 5.78. The highest BCUT2D eigenvalue weighted by Crippen LogP contribution is 2.41. The lowest BCUT2D eigenvalue weighted by atomic mass is 9.78. The second kappa shape index (κ2) is 8.89. The molecule has 8 heteroatoms. The van der Waals surface area contributed by atoms with Crippen LogP contribution in [0.4, 0.5) is 0 Å². The third kappa shape index (κ3) is 4.48. The van der Waals surface area contributed by atoms with Crippen molar-refractivity contribution in [3.05, 3.63) is 59.7 Å². The van der Waals surface area contributed by atoms with E-state index in [4.69, 9.17) is 17.0 Å². The lowest BCUT2D eigenvalue weighted by Crippen LogP contribution is -2.47. The zero-order valence-electron chi connectivity index (χ0n) is 19.0. The summed E-state index contributed by atoms with van der Waals surface area (Å²) in [6, 6.07) is 15.7. The summed E-state index contributed by atoms with van der Waals surface area (Å²) in [6.45, 7) is 2.94. The van der Waals surface area contributed by atoms with E-state index in [1.54, 1.807) is 35.7 Å². The first-order valence-electron chi connectivity index (χ1n) is 11.7. The van der Waals surface area contributed by atoms with Gasteiger partial charge in [-0.05, 0) is 73.0 Å². The number of hydrogen-bond donors (Lipinski definition) is 1. The number of benzene rings is 2. The van der Waals surface area contributed by atoms with E-state index in [0.717, 1.165) is 50.3 Å². The number of fused-ring (bicyclic) bond motifs is 1. The van der Waals surface area contributed by atoms with Crippen LogP contribution < -0.4 is 10.1 Å². The summed E-state index contributed by atoms with van der Waals surface area (Å²) in [5, 5.41) is 4.44. The van der Waals surface area contributed by atoms with Gasteiger partial charge in [-0.15, -0.1) is 0 Å². The number of likely N-dealkylation sites (tertiary alicyclic amines) is 1. The first-order valence-corrected chi connectivity index (χ1v) is 13.5. The molecule has 0 saturated carbocycles. The van der Waals surface area contributed by atoms with Crippen LogP contribution in [0.3, 0.4) is 0 Å². The van der Waals surface area contributed by atoms with Crippen molar-refractivity contribution >= 4 is 27.4 Å². The number of piperidine rings is 1. The molecule has 0 bridgehead atoms. The highest BCUT2D eigenvalue weighted by Gasteiger charge is 2.43. The summed E-state index contributed by atoms with van der Waals surface area (Å²) in [7, 11) is -1.96. The van der Waals surface area contributed by atoms with Gasteiger partial charge in [-0.3, -0.25) is 0 Å². The van der Waals surface area contributed by atoms with Gasteiger partial charge in [0, 0.05) is 38.3 Å². The van der Waals surface area contributed by atoms with Gasteiger partial charge >= 0.3 is 0 Å². The molecule has 3 aliphatic rings. The fourth-order valence-electron chi connectivity index (χ4n) is 5.56. The van der Waals surface area contributed by atoms with E-state index in [1.807, 2.05) is 0 Å². The second-order valence-electron chi connectivity index (χ2n) is 9.58. The van der Waals surface area contributed by atoms with Crippen molar-refractivity contribution in [1.29, 1.82) is 0 Å². The Kier molecular flexibility index (Phi) is 6.09. The Bertz CT molecular complexity index is 1120. The number of methoxy groups -OCH3 is 1. The van der Waals surface area contributed by atoms with Gasteiger partial charge in [-0.2, -0.15) is 4.31 Å². The smallest absolute Gasteiger partial charge is 0.243 e. The SMILES string of the molecule is COc1cccc(S(=O)(=O)N2CCC3(CCN(C(=S)NC4Cc5ccccc5C4)C3)CC2)c1. The molecule has 2 heterocycles. The van der Waals surface area contributed by atoms with Crippen LogP contribution in [-0.2, 0) is 22.9 Å². The molecule has 0 unspecified atom stereocenters. The van der Waals surface area contributed by atoms with Crippen LogP contribution in [0.1, 0.15) is 30.4 Å². The van der Waals surface area contributed by atoms with Crippen molar-refractivity contribution in [3.63, 3.8) is 0 Å². The normalized spacial score (nSPS) is 20.7. The van der Waals surface area contributed by atoms with E-state index in [1.165, 1.54) is 11.1 Å². The fraction of sp³-hybridized carbons (Fsp3) is 0.480. The van der Waals surface area contributed by atoms with Crippen LogP contribution in [0.15, 0.2) is 53.4 Å². The Morgan fingerprint density at radius 2 is 1.70 bits per heavy atom. The number of hydrogen-bond acceptors (Lipinski definition) is 4. The molecular weight excluding hydrogens is 454 g/mol. The van der Waals surface area contributed by atoms with E-state index in [9.17, 15) is 8.42 Å². The van der Waals surface area contributed by atoms with E-state index >= 15 is 0 Å². The molecule has 176 valence electrons. The molecule has 2 aliphatic heterocycles. The summed E-state index contributed by atoms with van der Waals surface area (Å²) in [4.78, 5) is 2.60. The van der Waals surface area contributed by atoms with Gasteiger partial charge in [0.05, 0.1) is 12.0 Å². The zero-order chi connectivity index (χ0) is 23.1. The number of rotatable bonds is 4. The van der Waals surface area contributed by atoms with E-state index in [2.05, 4.69) is 34.5 Å². The molecule has 2 saturated heterocycles. The average molecular weight is 486 g/mol. The highest BCUT2D eigenvalue weighted by molar-refractivity contribution is 7.89. The summed E-state index contributed by atoms with van der Waals surface area (Å²) in [5.74, 6) is 0.558. The van der Waals surface area contributed by atoms with Crippen molar-refractivity contribution < 1.29 is 13.2 Å². The van der Waals surface area contributed by atoms with Crippen LogP contribution >= 0.6 is 12.2 Å². The second-order valence-corrected chi connectivity index (χ2v) is 11.9. The molecule has 2 fully saturated rings. The van der Waals surface area contributed by atoms with Crippen molar-refractivity contribution in [3.8, 4) is 5.75 Å². The number of nitrogens with one attached hydrogen (secondary N) is 1. The van der Waals surface area contributed by atoms with Crippen LogP contribution in [0.5, 0.6) is 5.75 Å². The molecule has 0 atom stereocenters. The molecule has 0 aromatic heterocycles. The Balaban J connectivity index is 1.17. The van der Waals surface area contributed by atoms with Gasteiger partial charge in [0.25, 0.3) is 0 Å². The predicted octanol–water partition coefficient (Wildman–Crippen LogP) is 3.21. The third-order valence-electron chi connectivity index (χ3n) is 7.57. The summed E-state index contributed by atoms with van der Waals surface area (Å²) in [6.07, 6.45) is 4.83. The first-order chi connectivity index (χ1) is 15.9. The average Bonchev–Trinajstić information content (AvgIpc) is 3.43. The van der Waals surface area contributed by atoms with Crippen molar-refractivity contribution in [2.45, 2.75) is 43.0 Å². The Hall–Kier alpha value is -2.16. The van der Waals surface area contributed by atoms with Gasteiger partial charge in [-0.1, -0.05) is 30.3 Å². The van der Waals surface area contributed by atoms with Crippen molar-refractivity contribution in [2.75, 3.05) is 33.3 Å². The monoisotopic (exact) mass is 485 g/mol. The minimum Gasteiger partial charge on any atom is -0.497 e. The molecule has 2 aromatic rings. The number of nitrogens with zero attached hydrogens (tertiary/aromatic N) is 2. The van der Waals surface area contributed by atoms with E-state index in [0.29, 0.717) is 29.8 Å². The molecule has 5 rings (SSSR count). The van der Waals surface area contributed by atoms with Crippen molar-refractivity contribution in [2.24, 2.45) is 5.41 Å². The molecule has 6 nitrogen and oxygen atoms in total. The standard InChI is InChI=1S/C25H31N3O3S2/c1-31-22-7-4-8-23(17-22)33(29,30)28-13-10-25(11-14-28)9-12-27(18-25)24(32)26-21-15-19-5-2-3-6-20(19)16-21/h2-8,17,21H,9-16,18H2,1H3,(H,26,32). The van der Waals surface area contributed by atoms with Gasteiger partial charge in [0.15, 0.2) is 5.11 Å². The quantitative estimate of drug-likeness (QED) is 0.671. The molecule has 1 N–H and O–H groups in total. The fourth-order valence-corrected chi connectivity index (χ4v) is 7.35. The predicted molar refractivity (Wildman–Crippen MR) is 133 cm³/mol. The van der Waals surface area contributed by atoms with Crippen LogP contribution in [0, 0.1) is 5.41 Å². The third-order valence-corrected chi connectivity index (χ3v) is 9.84. The first kappa shape index (κ1) is 22.6. The Morgan fingerprint density at radius 3 is 2.36 bits per heavy atom. The van der Waals surface area contributed by atoms with Gasteiger partial charge in [0.2, 0.25) is 10.0 Å². The van der Waals surface area contributed by atoms with Crippen LogP contribution in [0.25, 0.3) is 0 Å². The zero-order valence-corrected chi connectivity index (χ0v) is 20.6. The lowest BCUT2D eigenvalue weighted by Gasteiger charge is -2.38. The maximum Gasteiger partial charge on any atom is 0.243 e. The lowest BCUT2D eigenvalue weighted by molar-refractivity contribution is 0.166. The highest BCUT2D eigenvalue weighted by atomic mass is 32.2. The Morgan fingerprint density at radius 1 is 1.03 bits per heavy atom. The van der Waals surface area contributed by atoms with Gasteiger partial charge in [0.1, 0.15) is 5.75 Å². The maximum atomic E-state index is 13.1. The molecular formula is C25H31N3O3S2. The molecule has 2 aromatic carbocycles. The number of thiocarbonyl (C=S) groups is 1. The molecule has 33 heavy (non-hydrogen) atoms. The van der Waals surface area contributed by atoms with E-state index in [-0.39, 0.29) is 5.41 Å². The topological polar surface area (TPSA) is 61.9 Å². The van der Waals surface area contributed by atoms with E-state index < -0.39 is 10.0 Å². The molecule has 1 spiro atoms. The number of ether oxygens (including phenoxy) is 1. The largest absolute Gasteiger partial charge is 0.497 e. The molecule has 0 radical (unpaired) electrons. The van der Waals surface area contributed by atoms with Crippen LogP contribution in [-0.4, -0.2) is 62.1 Å².